The lowest BCUT2D eigenvalue weighted by atomic mass is 10.3. The summed E-state index contributed by atoms with van der Waals surface area (Å²) in [5, 5.41) is 3.43. The summed E-state index contributed by atoms with van der Waals surface area (Å²) in [5.41, 5.74) is 0.951. The fraction of sp³-hybridized carbons (Fsp3) is 0.214. The molecule has 4 nitrogen and oxygen atoms in total. The molecule has 0 radical (unpaired) electrons. The Balaban J connectivity index is 1.83. The van der Waals surface area contributed by atoms with Gasteiger partial charge in [0, 0.05) is 16.9 Å². The zero-order chi connectivity index (χ0) is 13.7. The predicted octanol–water partition coefficient (Wildman–Crippen LogP) is 2.75. The van der Waals surface area contributed by atoms with Crippen LogP contribution in [0.15, 0.2) is 42.6 Å². The molecular formula is C14H15ClN2O2. The van der Waals surface area contributed by atoms with Gasteiger partial charge in [0.05, 0.1) is 6.54 Å². The Hall–Kier alpha value is -1.94. The largest absolute Gasteiger partial charge is 0.481 e. The molecule has 0 saturated carbocycles. The van der Waals surface area contributed by atoms with E-state index in [0.717, 1.165) is 5.69 Å². The van der Waals surface area contributed by atoms with Crippen LogP contribution in [-0.2, 0) is 11.3 Å². The van der Waals surface area contributed by atoms with E-state index in [2.05, 4.69) is 10.3 Å². The van der Waals surface area contributed by atoms with Crippen LogP contribution in [0.1, 0.15) is 12.6 Å². The van der Waals surface area contributed by atoms with E-state index in [1.807, 2.05) is 18.3 Å². The van der Waals surface area contributed by atoms with Crippen molar-refractivity contribution in [3.05, 3.63) is 53.3 Å². The molecule has 1 amide bonds. The molecule has 2 N–H and O–H groups in total. The predicted molar refractivity (Wildman–Crippen MR) is 74.2 cm³/mol. The van der Waals surface area contributed by atoms with Gasteiger partial charge in [-0.2, -0.15) is 0 Å². The zero-order valence-corrected chi connectivity index (χ0v) is 11.3. The Bertz CT molecular complexity index is 523. The molecule has 1 aromatic carbocycles. The first kappa shape index (κ1) is 13.5. The fourth-order valence-corrected chi connectivity index (χ4v) is 1.70. The number of hydrogen-bond donors (Lipinski definition) is 2. The van der Waals surface area contributed by atoms with E-state index in [9.17, 15) is 4.79 Å². The van der Waals surface area contributed by atoms with Crippen LogP contribution in [0.4, 0.5) is 0 Å². The Morgan fingerprint density at radius 3 is 2.74 bits per heavy atom. The van der Waals surface area contributed by atoms with Crippen molar-refractivity contribution in [1.29, 1.82) is 0 Å². The lowest BCUT2D eigenvalue weighted by molar-refractivity contribution is -0.127. The van der Waals surface area contributed by atoms with Crippen LogP contribution in [0.3, 0.4) is 0 Å². The Kier molecular flexibility index (Phi) is 4.47. The molecule has 0 saturated heterocycles. The number of benzene rings is 1. The number of carbonyl (C=O) groups is 1. The first-order valence-corrected chi connectivity index (χ1v) is 6.35. The monoisotopic (exact) mass is 278 g/mol. The van der Waals surface area contributed by atoms with Crippen molar-refractivity contribution in [3.8, 4) is 5.75 Å². The van der Waals surface area contributed by atoms with Gasteiger partial charge in [-0.05, 0) is 43.3 Å². The number of H-pyrrole nitrogens is 1. The lowest BCUT2D eigenvalue weighted by Crippen LogP contribution is -2.35. The van der Waals surface area contributed by atoms with Crippen molar-refractivity contribution in [1.82, 2.24) is 10.3 Å². The van der Waals surface area contributed by atoms with Crippen molar-refractivity contribution < 1.29 is 9.53 Å². The molecule has 0 aliphatic heterocycles. The molecule has 2 aromatic rings. The average molecular weight is 279 g/mol. The van der Waals surface area contributed by atoms with Crippen LogP contribution in [0.5, 0.6) is 5.75 Å². The fourth-order valence-electron chi connectivity index (χ4n) is 1.57. The molecule has 1 aromatic heterocycles. The smallest absolute Gasteiger partial charge is 0.261 e. The number of aromatic nitrogens is 1. The number of hydrogen-bond acceptors (Lipinski definition) is 2. The highest BCUT2D eigenvalue weighted by Crippen LogP contribution is 2.16. The minimum atomic E-state index is -0.559. The second-order valence-corrected chi connectivity index (χ2v) is 4.56. The first-order chi connectivity index (χ1) is 9.15. The van der Waals surface area contributed by atoms with E-state index in [1.165, 1.54) is 0 Å². The molecule has 5 heteroatoms. The standard InChI is InChI=1S/C14H15ClN2O2/c1-10(19-13-6-4-11(15)5-7-13)14(18)17-9-12-3-2-8-16-12/h2-8,10,16H,9H2,1H3,(H,17,18). The molecule has 0 fully saturated rings. The van der Waals surface area contributed by atoms with Crippen LogP contribution >= 0.6 is 11.6 Å². The third-order valence-corrected chi connectivity index (χ3v) is 2.86. The second-order valence-electron chi connectivity index (χ2n) is 4.13. The van der Waals surface area contributed by atoms with Crippen molar-refractivity contribution in [2.75, 3.05) is 0 Å². The van der Waals surface area contributed by atoms with Gasteiger partial charge in [-0.15, -0.1) is 0 Å². The number of ether oxygens (including phenoxy) is 1. The molecule has 0 aliphatic carbocycles. The summed E-state index contributed by atoms with van der Waals surface area (Å²) >= 11 is 5.78. The van der Waals surface area contributed by atoms with Crippen molar-refractivity contribution in [3.63, 3.8) is 0 Å². The SMILES string of the molecule is CC(Oc1ccc(Cl)cc1)C(=O)NCc1ccc[nH]1. The van der Waals surface area contributed by atoms with Gasteiger partial charge >= 0.3 is 0 Å². The van der Waals surface area contributed by atoms with E-state index >= 15 is 0 Å². The Labute approximate surface area is 116 Å². The number of aromatic amines is 1. The van der Waals surface area contributed by atoms with Crippen molar-refractivity contribution in [2.45, 2.75) is 19.6 Å². The third-order valence-electron chi connectivity index (χ3n) is 2.61. The highest BCUT2D eigenvalue weighted by atomic mass is 35.5. The van der Waals surface area contributed by atoms with E-state index in [1.54, 1.807) is 31.2 Å². The third kappa shape index (κ3) is 4.03. The van der Waals surface area contributed by atoms with Crippen LogP contribution in [0, 0.1) is 0 Å². The van der Waals surface area contributed by atoms with Crippen LogP contribution in [0.2, 0.25) is 5.02 Å². The van der Waals surface area contributed by atoms with Gasteiger partial charge in [-0.3, -0.25) is 4.79 Å². The molecule has 0 bridgehead atoms. The molecule has 1 atom stereocenters. The van der Waals surface area contributed by atoms with Gasteiger partial charge in [0.15, 0.2) is 6.10 Å². The number of rotatable bonds is 5. The highest BCUT2D eigenvalue weighted by Gasteiger charge is 2.14. The molecule has 1 unspecified atom stereocenters. The minimum absolute atomic E-state index is 0.162. The minimum Gasteiger partial charge on any atom is -0.481 e. The van der Waals surface area contributed by atoms with Crippen LogP contribution < -0.4 is 10.1 Å². The lowest BCUT2D eigenvalue weighted by Gasteiger charge is -2.14. The summed E-state index contributed by atoms with van der Waals surface area (Å²) in [7, 11) is 0. The average Bonchev–Trinajstić information content (AvgIpc) is 2.91. The summed E-state index contributed by atoms with van der Waals surface area (Å²) in [4.78, 5) is 14.9. The molecule has 0 spiro atoms. The summed E-state index contributed by atoms with van der Waals surface area (Å²) in [5.74, 6) is 0.455. The summed E-state index contributed by atoms with van der Waals surface area (Å²) in [6.07, 6.45) is 1.26. The molecule has 19 heavy (non-hydrogen) atoms. The number of halogens is 1. The van der Waals surface area contributed by atoms with Crippen molar-refractivity contribution >= 4 is 17.5 Å². The van der Waals surface area contributed by atoms with Gasteiger partial charge in [-0.1, -0.05) is 11.6 Å². The van der Waals surface area contributed by atoms with E-state index in [-0.39, 0.29) is 5.91 Å². The van der Waals surface area contributed by atoms with Gasteiger partial charge in [-0.25, -0.2) is 0 Å². The van der Waals surface area contributed by atoms with E-state index in [0.29, 0.717) is 17.3 Å². The maximum atomic E-state index is 11.8. The maximum absolute atomic E-state index is 11.8. The van der Waals surface area contributed by atoms with E-state index < -0.39 is 6.10 Å². The van der Waals surface area contributed by atoms with Gasteiger partial charge in [0.1, 0.15) is 5.75 Å². The number of carbonyl (C=O) groups excluding carboxylic acids is 1. The van der Waals surface area contributed by atoms with Crippen LogP contribution in [-0.4, -0.2) is 17.0 Å². The van der Waals surface area contributed by atoms with E-state index in [4.69, 9.17) is 16.3 Å². The Morgan fingerprint density at radius 1 is 1.37 bits per heavy atom. The normalized spacial score (nSPS) is 11.9. The van der Waals surface area contributed by atoms with Crippen molar-refractivity contribution in [2.24, 2.45) is 0 Å². The Morgan fingerprint density at radius 2 is 2.11 bits per heavy atom. The maximum Gasteiger partial charge on any atom is 0.261 e. The molecule has 100 valence electrons. The topological polar surface area (TPSA) is 54.1 Å². The van der Waals surface area contributed by atoms with Crippen LogP contribution in [0.25, 0.3) is 0 Å². The number of nitrogens with one attached hydrogen (secondary N) is 2. The molecular weight excluding hydrogens is 264 g/mol. The molecule has 2 rings (SSSR count). The summed E-state index contributed by atoms with van der Waals surface area (Å²) in [6.45, 7) is 2.17. The summed E-state index contributed by atoms with van der Waals surface area (Å²) in [6, 6.07) is 10.7. The first-order valence-electron chi connectivity index (χ1n) is 5.97. The highest BCUT2D eigenvalue weighted by molar-refractivity contribution is 6.30. The molecule has 1 heterocycles. The number of amides is 1. The quantitative estimate of drug-likeness (QED) is 0.884. The zero-order valence-electron chi connectivity index (χ0n) is 10.5. The second kappa shape index (κ2) is 6.29. The molecule has 0 aliphatic rings. The summed E-state index contributed by atoms with van der Waals surface area (Å²) < 4.78 is 5.52. The van der Waals surface area contributed by atoms with Gasteiger partial charge < -0.3 is 15.0 Å². The van der Waals surface area contributed by atoms with Gasteiger partial charge in [0.2, 0.25) is 0 Å². The van der Waals surface area contributed by atoms with Gasteiger partial charge in [0.25, 0.3) is 5.91 Å².